The standard InChI is InChI=1S/C28H20N2O4/c1-33-27(31)23-15-21(17-9-5-3-6-10-17)19-13-14-20-22(18-11-7-4-8-12-18)16-24(28(32)34-2)30-26(20)25(19)29-23/h3-16H,1-2H3. The quantitative estimate of drug-likeness (QED) is 0.260. The van der Waals surface area contributed by atoms with Gasteiger partial charge in [-0.3, -0.25) is 0 Å². The monoisotopic (exact) mass is 448 g/mol. The summed E-state index contributed by atoms with van der Waals surface area (Å²) in [7, 11) is 2.64. The van der Waals surface area contributed by atoms with Crippen molar-refractivity contribution in [2.75, 3.05) is 14.2 Å². The molecule has 0 fully saturated rings. The van der Waals surface area contributed by atoms with Gasteiger partial charge in [0.1, 0.15) is 11.4 Å². The van der Waals surface area contributed by atoms with Crippen LogP contribution in [0.15, 0.2) is 84.9 Å². The minimum atomic E-state index is -0.552. The molecule has 0 saturated heterocycles. The molecule has 6 heteroatoms. The van der Waals surface area contributed by atoms with Gasteiger partial charge < -0.3 is 9.47 Å². The van der Waals surface area contributed by atoms with Gasteiger partial charge in [-0.2, -0.15) is 0 Å². The first-order valence-electron chi connectivity index (χ1n) is 10.7. The molecule has 5 rings (SSSR count). The molecule has 0 aliphatic carbocycles. The Hall–Kier alpha value is -4.58. The van der Waals surface area contributed by atoms with Gasteiger partial charge in [0.25, 0.3) is 0 Å². The maximum absolute atomic E-state index is 12.5. The van der Waals surface area contributed by atoms with Crippen molar-refractivity contribution >= 4 is 33.7 Å². The van der Waals surface area contributed by atoms with Crippen molar-refractivity contribution in [1.82, 2.24) is 9.97 Å². The molecular weight excluding hydrogens is 428 g/mol. The summed E-state index contributed by atoms with van der Waals surface area (Å²) in [5.74, 6) is -1.10. The van der Waals surface area contributed by atoms with Crippen LogP contribution < -0.4 is 0 Å². The van der Waals surface area contributed by atoms with E-state index < -0.39 is 11.9 Å². The second kappa shape index (κ2) is 8.75. The molecule has 2 aromatic heterocycles. The number of esters is 2. The normalized spacial score (nSPS) is 10.9. The number of benzene rings is 3. The number of fused-ring (bicyclic) bond motifs is 3. The molecule has 0 radical (unpaired) electrons. The van der Waals surface area contributed by atoms with Gasteiger partial charge in [-0.25, -0.2) is 19.6 Å². The second-order valence-corrected chi connectivity index (χ2v) is 7.68. The van der Waals surface area contributed by atoms with Crippen molar-refractivity contribution < 1.29 is 19.1 Å². The molecule has 5 aromatic rings. The molecule has 0 bridgehead atoms. The Bertz CT molecular complexity index is 1430. The summed E-state index contributed by atoms with van der Waals surface area (Å²) in [6.07, 6.45) is 0. The van der Waals surface area contributed by atoms with Crippen LogP contribution in [0, 0.1) is 0 Å². The van der Waals surface area contributed by atoms with Gasteiger partial charge in [-0.05, 0) is 34.4 Å². The van der Waals surface area contributed by atoms with Crippen molar-refractivity contribution in [3.05, 3.63) is 96.3 Å². The van der Waals surface area contributed by atoms with Crippen molar-refractivity contribution in [2.45, 2.75) is 0 Å². The Morgan fingerprint density at radius 3 is 1.32 bits per heavy atom. The van der Waals surface area contributed by atoms with Gasteiger partial charge in [-0.15, -0.1) is 0 Å². The van der Waals surface area contributed by atoms with Crippen molar-refractivity contribution in [1.29, 1.82) is 0 Å². The number of hydrogen-bond donors (Lipinski definition) is 0. The van der Waals surface area contributed by atoms with E-state index in [0.717, 1.165) is 33.0 Å². The van der Waals surface area contributed by atoms with Crippen LogP contribution in [0.3, 0.4) is 0 Å². The predicted octanol–water partition coefficient (Wildman–Crippen LogP) is 5.69. The molecule has 2 heterocycles. The van der Waals surface area contributed by atoms with Crippen LogP contribution in [0.5, 0.6) is 0 Å². The summed E-state index contributed by atoms with van der Waals surface area (Å²) in [6, 6.07) is 26.8. The van der Waals surface area contributed by atoms with Gasteiger partial charge in [-0.1, -0.05) is 72.8 Å². The minimum absolute atomic E-state index is 0.160. The van der Waals surface area contributed by atoms with Crippen molar-refractivity contribution in [3.63, 3.8) is 0 Å². The molecule has 166 valence electrons. The smallest absolute Gasteiger partial charge is 0.356 e. The first-order chi connectivity index (χ1) is 16.6. The molecule has 0 aliphatic heterocycles. The Morgan fingerprint density at radius 1 is 0.588 bits per heavy atom. The van der Waals surface area contributed by atoms with E-state index >= 15 is 0 Å². The number of pyridine rings is 2. The highest BCUT2D eigenvalue weighted by molar-refractivity contribution is 6.14. The number of rotatable bonds is 4. The Kier molecular flexibility index (Phi) is 5.47. The van der Waals surface area contributed by atoms with Crippen LogP contribution in [0.1, 0.15) is 21.0 Å². The van der Waals surface area contributed by atoms with E-state index in [4.69, 9.17) is 9.47 Å². The maximum atomic E-state index is 12.5. The molecule has 0 saturated carbocycles. The lowest BCUT2D eigenvalue weighted by atomic mass is 9.95. The van der Waals surface area contributed by atoms with Crippen LogP contribution >= 0.6 is 0 Å². The van der Waals surface area contributed by atoms with E-state index in [2.05, 4.69) is 9.97 Å². The zero-order valence-electron chi connectivity index (χ0n) is 18.6. The fraction of sp³-hybridized carbons (Fsp3) is 0.0714. The number of carbonyl (C=O) groups is 2. The summed E-state index contributed by atoms with van der Waals surface area (Å²) in [4.78, 5) is 34.3. The van der Waals surface area contributed by atoms with Crippen LogP contribution in [0.2, 0.25) is 0 Å². The van der Waals surface area contributed by atoms with E-state index in [9.17, 15) is 9.59 Å². The summed E-state index contributed by atoms with van der Waals surface area (Å²) in [5.41, 5.74) is 4.81. The van der Waals surface area contributed by atoms with E-state index in [1.165, 1.54) is 14.2 Å². The van der Waals surface area contributed by atoms with Gasteiger partial charge in [0.05, 0.1) is 25.3 Å². The maximum Gasteiger partial charge on any atom is 0.356 e. The first kappa shape index (κ1) is 21.3. The van der Waals surface area contributed by atoms with Gasteiger partial charge in [0.2, 0.25) is 0 Å². The Labute approximate surface area is 195 Å². The van der Waals surface area contributed by atoms with Gasteiger partial charge >= 0.3 is 11.9 Å². The van der Waals surface area contributed by atoms with Crippen molar-refractivity contribution in [3.8, 4) is 22.3 Å². The molecule has 6 nitrogen and oxygen atoms in total. The van der Waals surface area contributed by atoms with E-state index in [-0.39, 0.29) is 11.4 Å². The zero-order valence-corrected chi connectivity index (χ0v) is 18.6. The van der Waals surface area contributed by atoms with E-state index in [1.807, 2.05) is 72.8 Å². The summed E-state index contributed by atoms with van der Waals surface area (Å²) in [6.45, 7) is 0. The number of methoxy groups -OCH3 is 2. The largest absolute Gasteiger partial charge is 0.464 e. The number of nitrogens with zero attached hydrogens (tertiary/aromatic N) is 2. The third-order valence-electron chi connectivity index (χ3n) is 5.72. The van der Waals surface area contributed by atoms with E-state index in [0.29, 0.717) is 11.0 Å². The lowest BCUT2D eigenvalue weighted by Gasteiger charge is -2.14. The highest BCUT2D eigenvalue weighted by Crippen LogP contribution is 2.36. The summed E-state index contributed by atoms with van der Waals surface area (Å²) in [5, 5.41) is 1.61. The fourth-order valence-electron chi connectivity index (χ4n) is 4.11. The van der Waals surface area contributed by atoms with Crippen LogP contribution in [-0.2, 0) is 9.47 Å². The SMILES string of the molecule is COC(=O)c1cc(-c2ccccc2)c2ccc3c(-c4ccccc4)cc(C(=O)OC)nc3c2n1. The van der Waals surface area contributed by atoms with Gasteiger partial charge in [0, 0.05) is 10.8 Å². The fourth-order valence-corrected chi connectivity index (χ4v) is 4.11. The lowest BCUT2D eigenvalue weighted by molar-refractivity contribution is 0.0585. The molecular formula is C28H20N2O4. The molecule has 3 aromatic carbocycles. The number of carbonyl (C=O) groups excluding carboxylic acids is 2. The average molecular weight is 448 g/mol. The van der Waals surface area contributed by atoms with Crippen LogP contribution in [0.4, 0.5) is 0 Å². The highest BCUT2D eigenvalue weighted by Gasteiger charge is 2.20. The summed E-state index contributed by atoms with van der Waals surface area (Å²) >= 11 is 0. The number of aromatic nitrogens is 2. The van der Waals surface area contributed by atoms with Gasteiger partial charge in [0.15, 0.2) is 0 Å². The summed E-state index contributed by atoms with van der Waals surface area (Å²) < 4.78 is 9.93. The average Bonchev–Trinajstić information content (AvgIpc) is 2.91. The van der Waals surface area contributed by atoms with Crippen LogP contribution in [-0.4, -0.2) is 36.1 Å². The topological polar surface area (TPSA) is 78.4 Å². The first-order valence-corrected chi connectivity index (χ1v) is 10.7. The number of hydrogen-bond acceptors (Lipinski definition) is 6. The molecule has 0 aliphatic rings. The minimum Gasteiger partial charge on any atom is -0.464 e. The molecule has 0 N–H and O–H groups in total. The second-order valence-electron chi connectivity index (χ2n) is 7.68. The van der Waals surface area contributed by atoms with E-state index in [1.54, 1.807) is 12.1 Å². The lowest BCUT2D eigenvalue weighted by Crippen LogP contribution is -2.07. The molecule has 0 amide bonds. The third-order valence-corrected chi connectivity index (χ3v) is 5.72. The predicted molar refractivity (Wildman–Crippen MR) is 131 cm³/mol. The molecule has 0 unspecified atom stereocenters. The number of ether oxygens (including phenoxy) is 2. The molecule has 0 atom stereocenters. The Morgan fingerprint density at radius 2 is 0.971 bits per heavy atom. The Balaban J connectivity index is 1.93. The van der Waals surface area contributed by atoms with Crippen molar-refractivity contribution in [2.24, 2.45) is 0 Å². The highest BCUT2D eigenvalue weighted by atomic mass is 16.5. The third kappa shape index (κ3) is 3.65. The molecule has 0 spiro atoms. The molecule has 34 heavy (non-hydrogen) atoms. The zero-order chi connectivity index (χ0) is 23.7. The van der Waals surface area contributed by atoms with Crippen LogP contribution in [0.25, 0.3) is 44.1 Å².